The van der Waals surface area contributed by atoms with Crippen LogP contribution in [0.3, 0.4) is 0 Å². The lowest BCUT2D eigenvalue weighted by atomic mass is 9.75. The molecule has 3 nitrogen and oxygen atoms in total. The highest BCUT2D eigenvalue weighted by Gasteiger charge is 2.38. The van der Waals surface area contributed by atoms with Gasteiger partial charge in [0.05, 0.1) is 0 Å². The van der Waals surface area contributed by atoms with Crippen LogP contribution in [0.5, 0.6) is 0 Å². The number of ether oxygens (including phenoxy) is 1. The summed E-state index contributed by atoms with van der Waals surface area (Å²) in [7, 11) is 6.16. The van der Waals surface area contributed by atoms with Gasteiger partial charge >= 0.3 is 0 Å². The molecule has 0 spiro atoms. The number of nitrogens with zero attached hydrogens (tertiary/aromatic N) is 1. The molecule has 0 saturated heterocycles. The van der Waals surface area contributed by atoms with E-state index >= 15 is 0 Å². The smallest absolute Gasteiger partial charge is 0.0499 e. The van der Waals surface area contributed by atoms with Crippen LogP contribution in [0.25, 0.3) is 0 Å². The molecule has 3 heteroatoms. The number of methoxy groups -OCH3 is 1. The summed E-state index contributed by atoms with van der Waals surface area (Å²) < 4.78 is 5.12. The summed E-state index contributed by atoms with van der Waals surface area (Å²) in [5.41, 5.74) is 0.437. The fraction of sp³-hybridized carbons (Fsp3) is 1.00. The van der Waals surface area contributed by atoms with Crippen LogP contribution in [0, 0.1) is 5.92 Å². The van der Waals surface area contributed by atoms with Crippen molar-refractivity contribution in [1.29, 1.82) is 0 Å². The Morgan fingerprint density at radius 1 is 1.40 bits per heavy atom. The van der Waals surface area contributed by atoms with Crippen molar-refractivity contribution in [2.24, 2.45) is 5.92 Å². The number of hydrogen-bond acceptors (Lipinski definition) is 3. The van der Waals surface area contributed by atoms with E-state index in [4.69, 9.17) is 4.74 Å². The molecule has 1 aliphatic rings. The average molecular weight is 214 g/mol. The minimum atomic E-state index is 0.437. The van der Waals surface area contributed by atoms with Gasteiger partial charge in [0.2, 0.25) is 0 Å². The third-order valence-electron chi connectivity index (χ3n) is 3.63. The van der Waals surface area contributed by atoms with Gasteiger partial charge < -0.3 is 15.0 Å². The molecule has 90 valence electrons. The Hall–Kier alpha value is -0.120. The third kappa shape index (κ3) is 3.44. The molecular weight excluding hydrogens is 188 g/mol. The van der Waals surface area contributed by atoms with Crippen LogP contribution in [0.4, 0.5) is 0 Å². The summed E-state index contributed by atoms with van der Waals surface area (Å²) in [6.07, 6.45) is 4.06. The molecule has 0 amide bonds. The molecule has 15 heavy (non-hydrogen) atoms. The van der Waals surface area contributed by atoms with Crippen LogP contribution in [0.1, 0.15) is 26.2 Å². The van der Waals surface area contributed by atoms with Gasteiger partial charge in [-0.05, 0) is 45.8 Å². The van der Waals surface area contributed by atoms with Gasteiger partial charge in [0.25, 0.3) is 0 Å². The Labute approximate surface area is 94.2 Å². The van der Waals surface area contributed by atoms with Crippen LogP contribution in [0.2, 0.25) is 0 Å². The molecular formula is C12H26N2O. The summed E-state index contributed by atoms with van der Waals surface area (Å²) in [4.78, 5) is 2.38. The maximum Gasteiger partial charge on any atom is 0.0499 e. The second-order valence-electron chi connectivity index (χ2n) is 5.16. The maximum atomic E-state index is 5.12. The van der Waals surface area contributed by atoms with Crippen molar-refractivity contribution in [3.8, 4) is 0 Å². The Morgan fingerprint density at radius 3 is 2.47 bits per heavy atom. The molecule has 0 heterocycles. The highest BCUT2D eigenvalue weighted by atomic mass is 16.5. The van der Waals surface area contributed by atoms with E-state index in [0.29, 0.717) is 11.5 Å². The van der Waals surface area contributed by atoms with Gasteiger partial charge in [-0.3, -0.25) is 0 Å². The fourth-order valence-electron chi connectivity index (χ4n) is 2.26. The molecule has 0 aliphatic heterocycles. The topological polar surface area (TPSA) is 24.5 Å². The fourth-order valence-corrected chi connectivity index (χ4v) is 2.26. The summed E-state index contributed by atoms with van der Waals surface area (Å²) in [6, 6.07) is 0. The lowest BCUT2D eigenvalue weighted by Gasteiger charge is -2.47. The van der Waals surface area contributed by atoms with Crippen molar-refractivity contribution >= 4 is 0 Å². The highest BCUT2D eigenvalue weighted by Crippen LogP contribution is 2.35. The quantitative estimate of drug-likeness (QED) is 0.692. The minimum Gasteiger partial charge on any atom is -0.384 e. The molecule has 0 aromatic rings. The van der Waals surface area contributed by atoms with Crippen LogP contribution >= 0.6 is 0 Å². The molecule has 1 atom stereocenters. The lowest BCUT2D eigenvalue weighted by Crippen LogP contribution is -2.56. The van der Waals surface area contributed by atoms with Crippen LogP contribution < -0.4 is 5.32 Å². The Balaban J connectivity index is 2.18. The predicted molar refractivity (Wildman–Crippen MR) is 64.2 cm³/mol. The number of rotatable bonds is 7. The first-order chi connectivity index (χ1) is 7.10. The lowest BCUT2D eigenvalue weighted by molar-refractivity contribution is 0.0578. The maximum absolute atomic E-state index is 5.12. The molecule has 1 unspecified atom stereocenters. The van der Waals surface area contributed by atoms with E-state index < -0.39 is 0 Å². The van der Waals surface area contributed by atoms with Gasteiger partial charge in [0, 0.05) is 25.8 Å². The van der Waals surface area contributed by atoms with E-state index in [-0.39, 0.29) is 0 Å². The van der Waals surface area contributed by atoms with Gasteiger partial charge in [-0.2, -0.15) is 0 Å². The van der Waals surface area contributed by atoms with E-state index in [2.05, 4.69) is 31.2 Å². The van der Waals surface area contributed by atoms with Gasteiger partial charge in [-0.25, -0.2) is 0 Å². The standard InChI is InChI=1S/C12H26N2O/c1-11(9-15-4)8-13-10-12(14(2)3)6-5-7-12/h11,13H,5-10H2,1-4H3. The molecule has 0 aromatic carbocycles. The minimum absolute atomic E-state index is 0.437. The summed E-state index contributed by atoms with van der Waals surface area (Å²) in [5.74, 6) is 0.606. The SMILES string of the molecule is COCC(C)CNCC1(N(C)C)CCC1. The van der Waals surface area contributed by atoms with Crippen LogP contribution in [-0.2, 0) is 4.74 Å². The molecule has 0 radical (unpaired) electrons. The molecule has 1 fully saturated rings. The molecule has 1 saturated carbocycles. The second kappa shape index (κ2) is 5.83. The van der Waals surface area contributed by atoms with Crippen molar-refractivity contribution in [3.05, 3.63) is 0 Å². The van der Waals surface area contributed by atoms with Crippen molar-refractivity contribution in [3.63, 3.8) is 0 Å². The van der Waals surface area contributed by atoms with Crippen molar-refractivity contribution < 1.29 is 4.74 Å². The zero-order chi connectivity index (χ0) is 11.3. The van der Waals surface area contributed by atoms with Gasteiger partial charge in [-0.1, -0.05) is 6.92 Å². The Kier molecular flexibility index (Phi) is 5.03. The van der Waals surface area contributed by atoms with Gasteiger partial charge in [0.15, 0.2) is 0 Å². The predicted octanol–water partition coefficient (Wildman–Crippen LogP) is 1.34. The molecule has 1 aliphatic carbocycles. The third-order valence-corrected chi connectivity index (χ3v) is 3.63. The van der Waals surface area contributed by atoms with Crippen LogP contribution in [-0.4, -0.2) is 51.3 Å². The van der Waals surface area contributed by atoms with Crippen molar-refractivity contribution in [2.45, 2.75) is 31.7 Å². The zero-order valence-electron chi connectivity index (χ0n) is 10.7. The number of nitrogens with one attached hydrogen (secondary N) is 1. The van der Waals surface area contributed by atoms with Crippen LogP contribution in [0.15, 0.2) is 0 Å². The van der Waals surface area contributed by atoms with E-state index in [1.165, 1.54) is 19.3 Å². The Bertz CT molecular complexity index is 178. The summed E-state index contributed by atoms with van der Waals surface area (Å²) in [5, 5.41) is 3.57. The molecule has 0 aromatic heterocycles. The molecule has 0 bridgehead atoms. The van der Waals surface area contributed by atoms with Crippen molar-refractivity contribution in [1.82, 2.24) is 10.2 Å². The first-order valence-electron chi connectivity index (χ1n) is 5.98. The van der Waals surface area contributed by atoms with Crippen molar-refractivity contribution in [2.75, 3.05) is 40.9 Å². The Morgan fingerprint density at radius 2 is 2.07 bits per heavy atom. The monoisotopic (exact) mass is 214 g/mol. The summed E-state index contributed by atoms with van der Waals surface area (Å²) in [6.45, 7) is 5.25. The normalized spacial score (nSPS) is 21.4. The largest absolute Gasteiger partial charge is 0.384 e. The van der Waals surface area contributed by atoms with Gasteiger partial charge in [-0.15, -0.1) is 0 Å². The second-order valence-corrected chi connectivity index (χ2v) is 5.16. The van der Waals surface area contributed by atoms with E-state index in [1.54, 1.807) is 7.11 Å². The molecule has 1 N–H and O–H groups in total. The molecule has 1 rings (SSSR count). The first-order valence-corrected chi connectivity index (χ1v) is 5.98. The summed E-state index contributed by atoms with van der Waals surface area (Å²) >= 11 is 0. The van der Waals surface area contributed by atoms with Gasteiger partial charge in [0.1, 0.15) is 0 Å². The number of likely N-dealkylation sites (N-methyl/N-ethyl adjacent to an activating group) is 1. The average Bonchev–Trinajstić information content (AvgIpc) is 2.09. The zero-order valence-corrected chi connectivity index (χ0v) is 10.7. The number of hydrogen-bond donors (Lipinski definition) is 1. The first kappa shape index (κ1) is 12.9. The van der Waals surface area contributed by atoms with E-state index in [1.807, 2.05) is 0 Å². The van der Waals surface area contributed by atoms with E-state index in [0.717, 1.165) is 19.7 Å². The highest BCUT2D eigenvalue weighted by molar-refractivity contribution is 4.97. The van der Waals surface area contributed by atoms with E-state index in [9.17, 15) is 0 Å².